The first-order chi connectivity index (χ1) is 11.5. The topological polar surface area (TPSA) is 63.2 Å². The number of carbonyl (C=O) groups is 1. The van der Waals surface area contributed by atoms with Crippen LogP contribution >= 0.6 is 0 Å². The van der Waals surface area contributed by atoms with E-state index in [-0.39, 0.29) is 18.1 Å². The van der Waals surface area contributed by atoms with Gasteiger partial charge in [-0.3, -0.25) is 4.79 Å². The summed E-state index contributed by atoms with van der Waals surface area (Å²) in [5, 5.41) is 2.88. The van der Waals surface area contributed by atoms with Gasteiger partial charge in [-0.2, -0.15) is 0 Å². The van der Waals surface area contributed by atoms with Crippen LogP contribution in [-0.4, -0.2) is 20.1 Å². The first kappa shape index (κ1) is 16.7. The van der Waals surface area contributed by atoms with Gasteiger partial charge >= 0.3 is 0 Å². The van der Waals surface area contributed by atoms with Crippen molar-refractivity contribution in [3.8, 4) is 0 Å². The fourth-order valence-corrected chi connectivity index (χ4v) is 4.60. The standard InChI is InChI=1S/C19H21NO3S/c1-2-14-5-8-17(9-6-14)20-19(21)13-15-7-10-18-16(12-15)4-3-11-24(18,22)23/h5-10,12H,2-4,11,13H2,1H3,(H,20,21). The maximum atomic E-state index is 12.2. The highest BCUT2D eigenvalue weighted by atomic mass is 32.2. The third kappa shape index (κ3) is 3.67. The zero-order valence-corrected chi connectivity index (χ0v) is 14.5. The number of anilines is 1. The van der Waals surface area contributed by atoms with Gasteiger partial charge in [0.1, 0.15) is 0 Å². The van der Waals surface area contributed by atoms with Crippen molar-refractivity contribution in [3.63, 3.8) is 0 Å². The minimum absolute atomic E-state index is 0.0992. The monoisotopic (exact) mass is 343 g/mol. The molecular weight excluding hydrogens is 322 g/mol. The summed E-state index contributed by atoms with van der Waals surface area (Å²) in [5.41, 5.74) is 3.68. The number of benzene rings is 2. The zero-order chi connectivity index (χ0) is 17.2. The molecule has 4 nitrogen and oxygen atoms in total. The largest absolute Gasteiger partial charge is 0.326 e. The Kier molecular flexibility index (Phi) is 4.71. The van der Waals surface area contributed by atoms with E-state index in [2.05, 4.69) is 12.2 Å². The third-order valence-electron chi connectivity index (χ3n) is 4.33. The number of hydrogen-bond acceptors (Lipinski definition) is 3. The molecule has 0 unspecified atom stereocenters. The molecule has 0 saturated heterocycles. The molecule has 126 valence electrons. The molecule has 0 saturated carbocycles. The average Bonchev–Trinajstić information content (AvgIpc) is 2.55. The summed E-state index contributed by atoms with van der Waals surface area (Å²) < 4.78 is 24.0. The molecule has 5 heteroatoms. The number of aryl methyl sites for hydroxylation is 2. The van der Waals surface area contributed by atoms with E-state index in [9.17, 15) is 13.2 Å². The van der Waals surface area contributed by atoms with Gasteiger partial charge in [0.2, 0.25) is 5.91 Å². The van der Waals surface area contributed by atoms with Gasteiger partial charge in [-0.25, -0.2) is 8.42 Å². The minimum atomic E-state index is -3.14. The van der Waals surface area contributed by atoms with Crippen LogP contribution in [0.5, 0.6) is 0 Å². The number of nitrogens with one attached hydrogen (secondary N) is 1. The lowest BCUT2D eigenvalue weighted by Gasteiger charge is -2.17. The van der Waals surface area contributed by atoms with Crippen LogP contribution in [0.4, 0.5) is 5.69 Å². The van der Waals surface area contributed by atoms with Crippen molar-refractivity contribution in [3.05, 3.63) is 59.2 Å². The highest BCUT2D eigenvalue weighted by Crippen LogP contribution is 2.26. The van der Waals surface area contributed by atoms with Crippen molar-refractivity contribution < 1.29 is 13.2 Å². The first-order valence-corrected chi connectivity index (χ1v) is 9.86. The van der Waals surface area contributed by atoms with Crippen molar-refractivity contribution in [1.82, 2.24) is 0 Å². The van der Waals surface area contributed by atoms with Crippen molar-refractivity contribution in [1.29, 1.82) is 0 Å². The predicted octanol–water partition coefficient (Wildman–Crippen LogP) is 3.15. The zero-order valence-electron chi connectivity index (χ0n) is 13.7. The molecule has 2 aromatic rings. The van der Waals surface area contributed by atoms with Crippen LogP contribution in [0, 0.1) is 0 Å². The fraction of sp³-hybridized carbons (Fsp3) is 0.316. The average molecular weight is 343 g/mol. The van der Waals surface area contributed by atoms with Crippen molar-refractivity contribution in [2.24, 2.45) is 0 Å². The normalized spacial score (nSPS) is 15.5. The Morgan fingerprint density at radius 1 is 1.08 bits per heavy atom. The van der Waals surface area contributed by atoms with E-state index in [1.807, 2.05) is 30.3 Å². The smallest absolute Gasteiger partial charge is 0.228 e. The van der Waals surface area contributed by atoms with Gasteiger partial charge in [-0.15, -0.1) is 0 Å². The molecule has 1 aliphatic heterocycles. The van der Waals surface area contributed by atoms with Gasteiger partial charge in [0, 0.05) is 5.69 Å². The lowest BCUT2D eigenvalue weighted by molar-refractivity contribution is -0.115. The molecule has 0 aliphatic carbocycles. The van der Waals surface area contributed by atoms with E-state index >= 15 is 0 Å². The molecule has 2 aromatic carbocycles. The van der Waals surface area contributed by atoms with Gasteiger partial charge < -0.3 is 5.32 Å². The lowest BCUT2D eigenvalue weighted by atomic mass is 10.0. The molecule has 0 spiro atoms. The Bertz CT molecular complexity index is 855. The number of rotatable bonds is 4. The van der Waals surface area contributed by atoms with Gasteiger partial charge in [0.25, 0.3) is 0 Å². The maximum absolute atomic E-state index is 12.2. The molecule has 1 N–H and O–H groups in total. The van der Waals surface area contributed by atoms with Gasteiger partial charge in [-0.1, -0.05) is 31.2 Å². The minimum Gasteiger partial charge on any atom is -0.326 e. The molecule has 0 radical (unpaired) electrons. The fourth-order valence-electron chi connectivity index (χ4n) is 3.02. The van der Waals surface area contributed by atoms with Crippen molar-refractivity contribution in [2.75, 3.05) is 11.1 Å². The van der Waals surface area contributed by atoms with Crippen molar-refractivity contribution >= 4 is 21.4 Å². The summed E-state index contributed by atoms with van der Waals surface area (Å²) in [4.78, 5) is 12.6. The Morgan fingerprint density at radius 3 is 2.50 bits per heavy atom. The number of sulfone groups is 1. The second-order valence-corrected chi connectivity index (χ2v) is 8.22. The van der Waals surface area contributed by atoms with E-state index in [0.29, 0.717) is 11.3 Å². The van der Waals surface area contributed by atoms with Crippen molar-refractivity contribution in [2.45, 2.75) is 37.5 Å². The first-order valence-electron chi connectivity index (χ1n) is 8.21. The lowest BCUT2D eigenvalue weighted by Crippen LogP contribution is -2.18. The Morgan fingerprint density at radius 2 is 1.79 bits per heavy atom. The molecule has 0 atom stereocenters. The molecule has 1 amide bonds. The van der Waals surface area contributed by atoms with Gasteiger partial charge in [-0.05, 0) is 54.2 Å². The highest BCUT2D eigenvalue weighted by molar-refractivity contribution is 7.91. The molecule has 24 heavy (non-hydrogen) atoms. The number of amides is 1. The quantitative estimate of drug-likeness (QED) is 0.927. The Hall–Kier alpha value is -2.14. The summed E-state index contributed by atoms with van der Waals surface area (Å²) >= 11 is 0. The van der Waals surface area contributed by atoms with E-state index in [1.54, 1.807) is 12.1 Å². The highest BCUT2D eigenvalue weighted by Gasteiger charge is 2.23. The van der Waals surface area contributed by atoms with Crippen LogP contribution in [0.1, 0.15) is 30.0 Å². The SMILES string of the molecule is CCc1ccc(NC(=O)Cc2ccc3c(c2)CCCS3(=O)=O)cc1. The molecule has 0 fully saturated rings. The van der Waals surface area contributed by atoms with Crippen LogP contribution in [0.25, 0.3) is 0 Å². The summed E-state index contributed by atoms with van der Waals surface area (Å²) in [6.07, 6.45) is 2.60. The summed E-state index contributed by atoms with van der Waals surface area (Å²) in [6.45, 7) is 2.09. The molecule has 0 aromatic heterocycles. The van der Waals surface area contributed by atoms with Crippen LogP contribution in [0.2, 0.25) is 0 Å². The van der Waals surface area contributed by atoms with Crippen LogP contribution < -0.4 is 5.32 Å². The number of carbonyl (C=O) groups excluding carboxylic acids is 1. The van der Waals surface area contributed by atoms with Crippen LogP contribution in [0.15, 0.2) is 47.4 Å². The molecule has 1 heterocycles. The molecule has 3 rings (SSSR count). The van der Waals surface area contributed by atoms with Gasteiger partial charge in [0.15, 0.2) is 9.84 Å². The Labute approximate surface area is 142 Å². The maximum Gasteiger partial charge on any atom is 0.228 e. The summed E-state index contributed by atoms with van der Waals surface area (Å²) in [7, 11) is -3.14. The van der Waals surface area contributed by atoms with Gasteiger partial charge in [0.05, 0.1) is 17.1 Å². The third-order valence-corrected chi connectivity index (χ3v) is 6.22. The summed E-state index contributed by atoms with van der Waals surface area (Å²) in [6, 6.07) is 13.0. The number of fused-ring (bicyclic) bond motifs is 1. The number of hydrogen-bond donors (Lipinski definition) is 1. The second-order valence-electron chi connectivity index (χ2n) is 6.14. The summed E-state index contributed by atoms with van der Waals surface area (Å²) in [5.74, 6) is 0.117. The van der Waals surface area contributed by atoms with Crippen LogP contribution in [0.3, 0.4) is 0 Å². The second kappa shape index (κ2) is 6.77. The van der Waals surface area contributed by atoms with Crippen LogP contribution in [-0.2, 0) is 33.9 Å². The molecule has 1 aliphatic rings. The van der Waals surface area contributed by atoms with E-state index < -0.39 is 9.84 Å². The van der Waals surface area contributed by atoms with E-state index in [4.69, 9.17) is 0 Å². The predicted molar refractivity (Wildman–Crippen MR) is 95.0 cm³/mol. The van der Waals surface area contributed by atoms with E-state index in [0.717, 1.165) is 29.7 Å². The molecular formula is C19H21NO3S. The van der Waals surface area contributed by atoms with E-state index in [1.165, 1.54) is 5.56 Å². The molecule has 0 bridgehead atoms. The Balaban J connectivity index is 1.70.